The molecule has 1 fully saturated rings. The molecule has 6 heteroatoms. The second kappa shape index (κ2) is 6.13. The zero-order valence-electron chi connectivity index (χ0n) is 13.1. The molecule has 1 aliphatic rings. The van der Waals surface area contributed by atoms with Crippen molar-refractivity contribution >= 4 is 23.2 Å². The van der Waals surface area contributed by atoms with Gasteiger partial charge in [0.1, 0.15) is 10.9 Å². The van der Waals surface area contributed by atoms with Gasteiger partial charge in [-0.15, -0.1) is 11.3 Å². The lowest BCUT2D eigenvalue weighted by molar-refractivity contribution is -0.128. The summed E-state index contributed by atoms with van der Waals surface area (Å²) in [6.07, 6.45) is 2.65. The molecule has 1 atom stereocenters. The van der Waals surface area contributed by atoms with Crippen LogP contribution in [0, 0.1) is 6.92 Å². The van der Waals surface area contributed by atoms with E-state index in [1.165, 1.54) is 11.3 Å². The Morgan fingerprint density at radius 1 is 1.38 bits per heavy atom. The molecule has 1 aromatic rings. The third-order valence-corrected chi connectivity index (χ3v) is 4.42. The molecule has 2 amide bonds. The number of nitrogens with zero attached hydrogens (tertiary/aromatic N) is 2. The summed E-state index contributed by atoms with van der Waals surface area (Å²) in [6.45, 7) is 8.32. The molecule has 0 bridgehead atoms. The quantitative estimate of drug-likeness (QED) is 0.912. The second-order valence-corrected chi connectivity index (χ2v) is 7.37. The largest absolute Gasteiger partial charge is 0.350 e. The molecular formula is C15H23N3O2S. The molecule has 116 valence electrons. The lowest BCUT2D eigenvalue weighted by atomic mass is 9.99. The Labute approximate surface area is 129 Å². The van der Waals surface area contributed by atoms with Crippen molar-refractivity contribution in [2.24, 2.45) is 0 Å². The van der Waals surface area contributed by atoms with Crippen molar-refractivity contribution in [2.75, 3.05) is 6.54 Å². The number of likely N-dealkylation sites (tertiary alicyclic amines) is 1. The third-order valence-electron chi connectivity index (χ3n) is 3.50. The lowest BCUT2D eigenvalue weighted by Crippen LogP contribution is -2.55. The van der Waals surface area contributed by atoms with Crippen molar-refractivity contribution in [2.45, 2.75) is 58.5 Å². The van der Waals surface area contributed by atoms with E-state index >= 15 is 0 Å². The van der Waals surface area contributed by atoms with Gasteiger partial charge in [-0.3, -0.25) is 9.59 Å². The summed E-state index contributed by atoms with van der Waals surface area (Å²) in [6, 6.07) is -0.369. The fourth-order valence-corrected chi connectivity index (χ4v) is 3.30. The van der Waals surface area contributed by atoms with Crippen molar-refractivity contribution in [3.8, 4) is 0 Å². The molecule has 0 aromatic carbocycles. The van der Waals surface area contributed by atoms with Crippen LogP contribution in [-0.2, 0) is 4.79 Å². The van der Waals surface area contributed by atoms with Crippen LogP contribution in [0.3, 0.4) is 0 Å². The summed E-state index contributed by atoms with van der Waals surface area (Å²) < 4.78 is 0. The number of rotatable bonds is 2. The van der Waals surface area contributed by atoms with Gasteiger partial charge in [-0.1, -0.05) is 0 Å². The van der Waals surface area contributed by atoms with Crippen molar-refractivity contribution in [1.29, 1.82) is 0 Å². The maximum absolute atomic E-state index is 12.7. The van der Waals surface area contributed by atoms with Crippen molar-refractivity contribution in [3.05, 3.63) is 16.1 Å². The highest BCUT2D eigenvalue weighted by atomic mass is 32.1. The molecule has 1 aliphatic heterocycles. The first-order valence-corrected chi connectivity index (χ1v) is 8.20. The van der Waals surface area contributed by atoms with E-state index in [0.29, 0.717) is 11.4 Å². The Kier molecular flexibility index (Phi) is 4.66. The van der Waals surface area contributed by atoms with Gasteiger partial charge in [0, 0.05) is 12.1 Å². The summed E-state index contributed by atoms with van der Waals surface area (Å²) in [4.78, 5) is 31.6. The van der Waals surface area contributed by atoms with Gasteiger partial charge >= 0.3 is 0 Å². The molecule has 1 saturated heterocycles. The van der Waals surface area contributed by atoms with Crippen LogP contribution < -0.4 is 5.32 Å². The van der Waals surface area contributed by atoms with Gasteiger partial charge in [-0.25, -0.2) is 4.98 Å². The van der Waals surface area contributed by atoms with Gasteiger partial charge in [0.25, 0.3) is 5.91 Å². The fourth-order valence-electron chi connectivity index (χ4n) is 2.54. The molecule has 5 nitrogen and oxygen atoms in total. The monoisotopic (exact) mass is 309 g/mol. The zero-order chi connectivity index (χ0) is 15.6. The molecule has 0 aliphatic carbocycles. The summed E-state index contributed by atoms with van der Waals surface area (Å²) in [7, 11) is 0. The minimum Gasteiger partial charge on any atom is -0.350 e. The zero-order valence-corrected chi connectivity index (χ0v) is 13.9. The average Bonchev–Trinajstić information content (AvgIpc) is 2.82. The minimum absolute atomic E-state index is 0.0577. The van der Waals surface area contributed by atoms with Crippen LogP contribution in [0.5, 0.6) is 0 Å². The number of carbonyl (C=O) groups excluding carboxylic acids is 2. The predicted octanol–water partition coefficient (Wildman–Crippen LogP) is 2.36. The van der Waals surface area contributed by atoms with Crippen LogP contribution >= 0.6 is 11.3 Å². The molecule has 0 spiro atoms. The van der Waals surface area contributed by atoms with E-state index in [-0.39, 0.29) is 23.4 Å². The SMILES string of the molecule is Cc1ncsc1C(=O)N1CCCCC1C(=O)NC(C)(C)C. The van der Waals surface area contributed by atoms with Crippen LogP contribution in [0.2, 0.25) is 0 Å². The lowest BCUT2D eigenvalue weighted by Gasteiger charge is -2.36. The van der Waals surface area contributed by atoms with Gasteiger partial charge in [0.15, 0.2) is 0 Å². The third kappa shape index (κ3) is 3.81. The Bertz CT molecular complexity index is 533. The molecule has 1 aromatic heterocycles. The van der Waals surface area contributed by atoms with Crippen molar-refractivity contribution in [3.63, 3.8) is 0 Å². The van der Waals surface area contributed by atoms with E-state index in [1.807, 2.05) is 27.7 Å². The van der Waals surface area contributed by atoms with E-state index in [2.05, 4.69) is 10.3 Å². The van der Waals surface area contributed by atoms with Gasteiger partial charge < -0.3 is 10.2 Å². The molecular weight excluding hydrogens is 286 g/mol. The molecule has 0 radical (unpaired) electrons. The maximum Gasteiger partial charge on any atom is 0.266 e. The van der Waals surface area contributed by atoms with E-state index in [1.54, 1.807) is 10.4 Å². The number of nitrogens with one attached hydrogen (secondary N) is 1. The summed E-state index contributed by atoms with van der Waals surface area (Å²) in [5.41, 5.74) is 2.13. The smallest absolute Gasteiger partial charge is 0.266 e. The standard InChI is InChI=1S/C15H23N3O2S/c1-10-12(21-9-16-10)14(20)18-8-6-5-7-11(18)13(19)17-15(2,3)4/h9,11H,5-8H2,1-4H3,(H,17,19). The first kappa shape index (κ1) is 15.9. The molecule has 1 N–H and O–H groups in total. The van der Waals surface area contributed by atoms with Crippen LogP contribution in [0.1, 0.15) is 55.4 Å². The highest BCUT2D eigenvalue weighted by Gasteiger charge is 2.34. The average molecular weight is 309 g/mol. The molecule has 0 saturated carbocycles. The Morgan fingerprint density at radius 3 is 2.67 bits per heavy atom. The highest BCUT2D eigenvalue weighted by molar-refractivity contribution is 7.11. The van der Waals surface area contributed by atoms with Gasteiger partial charge in [-0.05, 0) is 47.0 Å². The molecule has 21 heavy (non-hydrogen) atoms. The number of hydrogen-bond donors (Lipinski definition) is 1. The first-order valence-electron chi connectivity index (χ1n) is 7.32. The number of amides is 2. The Hall–Kier alpha value is -1.43. The minimum atomic E-state index is -0.369. The van der Waals surface area contributed by atoms with E-state index in [9.17, 15) is 9.59 Å². The van der Waals surface area contributed by atoms with Crippen LogP contribution in [-0.4, -0.2) is 39.8 Å². The maximum atomic E-state index is 12.7. The number of hydrogen-bond acceptors (Lipinski definition) is 4. The van der Waals surface area contributed by atoms with Crippen LogP contribution in [0.4, 0.5) is 0 Å². The van der Waals surface area contributed by atoms with Gasteiger partial charge in [0.2, 0.25) is 5.91 Å². The van der Waals surface area contributed by atoms with Crippen LogP contribution in [0.15, 0.2) is 5.51 Å². The normalized spacial score (nSPS) is 19.4. The highest BCUT2D eigenvalue weighted by Crippen LogP contribution is 2.23. The predicted molar refractivity (Wildman–Crippen MR) is 83.4 cm³/mol. The number of thiazole rings is 1. The van der Waals surface area contributed by atoms with E-state index < -0.39 is 0 Å². The number of aromatic nitrogens is 1. The summed E-state index contributed by atoms with van der Waals surface area (Å²) in [5, 5.41) is 2.99. The summed E-state index contributed by atoms with van der Waals surface area (Å²) in [5.74, 6) is -0.124. The summed E-state index contributed by atoms with van der Waals surface area (Å²) >= 11 is 1.34. The van der Waals surface area contributed by atoms with Crippen molar-refractivity contribution < 1.29 is 9.59 Å². The Morgan fingerprint density at radius 2 is 2.10 bits per heavy atom. The number of piperidine rings is 1. The topological polar surface area (TPSA) is 62.3 Å². The number of aryl methyl sites for hydroxylation is 1. The molecule has 2 heterocycles. The van der Waals surface area contributed by atoms with Crippen molar-refractivity contribution in [1.82, 2.24) is 15.2 Å². The van der Waals surface area contributed by atoms with E-state index in [0.717, 1.165) is 25.0 Å². The molecule has 2 rings (SSSR count). The van der Waals surface area contributed by atoms with Crippen LogP contribution in [0.25, 0.3) is 0 Å². The van der Waals surface area contributed by atoms with E-state index in [4.69, 9.17) is 0 Å². The Balaban J connectivity index is 2.18. The fraction of sp³-hybridized carbons (Fsp3) is 0.667. The first-order chi connectivity index (χ1) is 9.79. The second-order valence-electron chi connectivity index (χ2n) is 6.52. The van der Waals surface area contributed by atoms with Gasteiger partial charge in [0.05, 0.1) is 11.2 Å². The number of carbonyl (C=O) groups is 2. The molecule has 1 unspecified atom stereocenters. The van der Waals surface area contributed by atoms with Gasteiger partial charge in [-0.2, -0.15) is 0 Å².